The van der Waals surface area contributed by atoms with Crippen molar-refractivity contribution in [3.63, 3.8) is 0 Å². The number of halogens is 2. The van der Waals surface area contributed by atoms with Crippen molar-refractivity contribution in [3.8, 4) is 0 Å². The minimum absolute atomic E-state index is 0. The van der Waals surface area contributed by atoms with E-state index in [9.17, 15) is 4.79 Å². The van der Waals surface area contributed by atoms with E-state index in [1.165, 1.54) is 0 Å². The van der Waals surface area contributed by atoms with Crippen LogP contribution < -0.4 is 11.1 Å². The van der Waals surface area contributed by atoms with Crippen molar-refractivity contribution in [1.82, 2.24) is 0 Å². The van der Waals surface area contributed by atoms with E-state index in [1.807, 2.05) is 19.1 Å². The predicted molar refractivity (Wildman–Crippen MR) is 68.2 cm³/mol. The lowest BCUT2D eigenvalue weighted by molar-refractivity contribution is -0.118. The molecule has 3 nitrogen and oxygen atoms in total. The maximum Gasteiger partial charge on any atom is 0.244 e. The quantitative estimate of drug-likeness (QED) is 0.859. The van der Waals surface area contributed by atoms with Gasteiger partial charge in [-0.1, -0.05) is 17.7 Å². The maximum absolute atomic E-state index is 11.6. The van der Waals surface area contributed by atoms with Crippen LogP contribution in [0.15, 0.2) is 18.2 Å². The minimum Gasteiger partial charge on any atom is -0.324 e. The number of benzene rings is 1. The third kappa shape index (κ3) is 2.67. The maximum atomic E-state index is 11.6. The van der Waals surface area contributed by atoms with E-state index in [4.69, 9.17) is 17.3 Å². The van der Waals surface area contributed by atoms with Crippen LogP contribution in [-0.4, -0.2) is 11.4 Å². The molecule has 5 heteroatoms. The summed E-state index contributed by atoms with van der Waals surface area (Å²) >= 11 is 5.94. The highest BCUT2D eigenvalue weighted by atomic mass is 35.5. The first-order chi connectivity index (χ1) is 7.01. The zero-order valence-corrected chi connectivity index (χ0v) is 10.5. The minimum atomic E-state index is -0.642. The second-order valence-corrected chi connectivity index (χ2v) is 4.48. The molecule has 16 heavy (non-hydrogen) atoms. The van der Waals surface area contributed by atoms with Crippen LogP contribution in [0, 0.1) is 6.92 Å². The molecule has 1 aromatic rings. The Bertz CT molecular complexity index is 416. The van der Waals surface area contributed by atoms with Gasteiger partial charge in [-0.25, -0.2) is 0 Å². The van der Waals surface area contributed by atoms with E-state index in [0.29, 0.717) is 10.7 Å². The van der Waals surface area contributed by atoms with E-state index >= 15 is 0 Å². The van der Waals surface area contributed by atoms with Gasteiger partial charge in [0.25, 0.3) is 0 Å². The van der Waals surface area contributed by atoms with E-state index in [-0.39, 0.29) is 18.3 Å². The van der Waals surface area contributed by atoms with Gasteiger partial charge in [0.1, 0.15) is 0 Å². The van der Waals surface area contributed by atoms with Crippen LogP contribution >= 0.6 is 24.0 Å². The molecule has 0 saturated heterocycles. The van der Waals surface area contributed by atoms with Crippen LogP contribution in [0.1, 0.15) is 18.4 Å². The third-order valence-electron chi connectivity index (χ3n) is 2.67. The van der Waals surface area contributed by atoms with Gasteiger partial charge in [0.2, 0.25) is 5.91 Å². The van der Waals surface area contributed by atoms with Crippen LogP contribution in [-0.2, 0) is 4.79 Å². The smallest absolute Gasteiger partial charge is 0.244 e. The monoisotopic (exact) mass is 260 g/mol. The third-order valence-corrected chi connectivity index (χ3v) is 3.08. The van der Waals surface area contributed by atoms with Crippen molar-refractivity contribution in [1.29, 1.82) is 0 Å². The Balaban J connectivity index is 0.00000128. The van der Waals surface area contributed by atoms with E-state index in [0.717, 1.165) is 18.4 Å². The molecule has 0 atom stereocenters. The summed E-state index contributed by atoms with van der Waals surface area (Å²) in [5.74, 6) is -0.123. The van der Waals surface area contributed by atoms with Crippen molar-refractivity contribution < 1.29 is 4.79 Å². The Morgan fingerprint density at radius 3 is 2.62 bits per heavy atom. The number of amides is 1. The van der Waals surface area contributed by atoms with Crippen molar-refractivity contribution in [2.75, 3.05) is 5.32 Å². The fourth-order valence-electron chi connectivity index (χ4n) is 1.29. The number of carbonyl (C=O) groups excluding carboxylic acids is 1. The average molecular weight is 261 g/mol. The molecule has 1 aliphatic carbocycles. The molecule has 1 fully saturated rings. The standard InChI is InChI=1S/C11H13ClN2O.ClH/c1-7-2-3-8(6-9(7)12)14-10(15)11(13)4-5-11;/h2-3,6H,4-5,13H2,1H3,(H,14,15);1H. The fraction of sp³-hybridized carbons (Fsp3) is 0.364. The zero-order chi connectivity index (χ0) is 11.1. The Kier molecular flexibility index (Phi) is 3.84. The van der Waals surface area contributed by atoms with Crippen molar-refractivity contribution in [2.24, 2.45) is 5.73 Å². The number of hydrogen-bond donors (Lipinski definition) is 2. The van der Waals surface area contributed by atoms with Gasteiger partial charge >= 0.3 is 0 Å². The molecular formula is C11H14Cl2N2O. The van der Waals surface area contributed by atoms with Crippen molar-refractivity contribution in [2.45, 2.75) is 25.3 Å². The predicted octanol–water partition coefficient (Wildman–Crippen LogP) is 2.50. The lowest BCUT2D eigenvalue weighted by atomic mass is 10.2. The molecule has 3 N–H and O–H groups in total. The molecule has 2 rings (SSSR count). The number of rotatable bonds is 2. The average Bonchev–Trinajstić information content (AvgIpc) is 2.92. The summed E-state index contributed by atoms with van der Waals surface area (Å²) in [5, 5.41) is 3.41. The summed E-state index contributed by atoms with van der Waals surface area (Å²) in [4.78, 5) is 11.6. The lowest BCUT2D eigenvalue weighted by Crippen LogP contribution is -2.37. The highest BCUT2D eigenvalue weighted by Gasteiger charge is 2.45. The molecule has 1 aromatic carbocycles. The number of nitrogens with one attached hydrogen (secondary N) is 1. The molecule has 88 valence electrons. The van der Waals surface area contributed by atoms with Crippen molar-refractivity contribution in [3.05, 3.63) is 28.8 Å². The molecule has 1 aliphatic rings. The second kappa shape index (κ2) is 4.62. The molecular weight excluding hydrogens is 247 g/mol. The zero-order valence-electron chi connectivity index (χ0n) is 8.92. The number of carbonyl (C=O) groups is 1. The molecule has 0 spiro atoms. The van der Waals surface area contributed by atoms with Gasteiger partial charge in [-0.2, -0.15) is 0 Å². The SMILES string of the molecule is Cc1ccc(NC(=O)C2(N)CC2)cc1Cl.Cl. The highest BCUT2D eigenvalue weighted by Crippen LogP contribution is 2.33. The number of nitrogens with two attached hydrogens (primary N) is 1. The van der Waals surface area contributed by atoms with Gasteiger partial charge in [-0.3, -0.25) is 4.79 Å². The summed E-state index contributed by atoms with van der Waals surface area (Å²) in [6.45, 7) is 1.92. The van der Waals surface area contributed by atoms with Crippen LogP contribution in [0.3, 0.4) is 0 Å². The van der Waals surface area contributed by atoms with E-state index in [1.54, 1.807) is 6.07 Å². The summed E-state index contributed by atoms with van der Waals surface area (Å²) in [6.07, 6.45) is 1.52. The summed E-state index contributed by atoms with van der Waals surface area (Å²) in [6, 6.07) is 5.43. The summed E-state index contributed by atoms with van der Waals surface area (Å²) in [7, 11) is 0. The van der Waals surface area contributed by atoms with Crippen LogP contribution in [0.2, 0.25) is 5.02 Å². The number of aryl methyl sites for hydroxylation is 1. The lowest BCUT2D eigenvalue weighted by Gasteiger charge is -2.10. The Labute approximate surface area is 106 Å². The molecule has 0 aromatic heterocycles. The second-order valence-electron chi connectivity index (χ2n) is 4.07. The molecule has 0 heterocycles. The first-order valence-electron chi connectivity index (χ1n) is 4.88. The largest absolute Gasteiger partial charge is 0.324 e. The Morgan fingerprint density at radius 1 is 1.50 bits per heavy atom. The normalized spacial score (nSPS) is 16.2. The summed E-state index contributed by atoms with van der Waals surface area (Å²) in [5.41, 5.74) is 6.81. The molecule has 0 bridgehead atoms. The summed E-state index contributed by atoms with van der Waals surface area (Å²) < 4.78 is 0. The topological polar surface area (TPSA) is 55.1 Å². The van der Waals surface area contributed by atoms with Crippen LogP contribution in [0.4, 0.5) is 5.69 Å². The molecule has 1 saturated carbocycles. The van der Waals surface area contributed by atoms with Crippen LogP contribution in [0.25, 0.3) is 0 Å². The van der Waals surface area contributed by atoms with E-state index in [2.05, 4.69) is 5.32 Å². The molecule has 0 unspecified atom stereocenters. The Morgan fingerprint density at radius 2 is 2.12 bits per heavy atom. The van der Waals surface area contributed by atoms with Gasteiger partial charge in [0, 0.05) is 10.7 Å². The van der Waals surface area contributed by atoms with Gasteiger partial charge in [0.15, 0.2) is 0 Å². The molecule has 1 amide bonds. The van der Waals surface area contributed by atoms with Crippen LogP contribution in [0.5, 0.6) is 0 Å². The fourth-order valence-corrected chi connectivity index (χ4v) is 1.47. The van der Waals surface area contributed by atoms with Gasteiger partial charge in [0.05, 0.1) is 5.54 Å². The first kappa shape index (κ1) is 13.3. The van der Waals surface area contributed by atoms with Gasteiger partial charge < -0.3 is 11.1 Å². The molecule has 0 aliphatic heterocycles. The first-order valence-corrected chi connectivity index (χ1v) is 5.25. The highest BCUT2D eigenvalue weighted by molar-refractivity contribution is 6.31. The number of hydrogen-bond acceptors (Lipinski definition) is 2. The molecule has 0 radical (unpaired) electrons. The Hall–Kier alpha value is -0.770. The van der Waals surface area contributed by atoms with Gasteiger partial charge in [-0.05, 0) is 37.5 Å². The van der Waals surface area contributed by atoms with Crippen molar-refractivity contribution >= 4 is 35.6 Å². The van der Waals surface area contributed by atoms with Gasteiger partial charge in [-0.15, -0.1) is 12.4 Å². The van der Waals surface area contributed by atoms with E-state index < -0.39 is 5.54 Å². The number of anilines is 1.